The molecule has 0 aliphatic carbocycles. The van der Waals surface area contributed by atoms with Gasteiger partial charge >= 0.3 is 7.95 Å². The fourth-order valence-corrected chi connectivity index (χ4v) is 1.04. The van der Waals surface area contributed by atoms with E-state index in [-0.39, 0.29) is 0 Å². The Labute approximate surface area is 56.5 Å². The zero-order chi connectivity index (χ0) is 7.11. The predicted octanol–water partition coefficient (Wildman–Crippen LogP) is 1.69. The van der Waals surface area contributed by atoms with E-state index in [0.29, 0.717) is 12.7 Å². The lowest BCUT2D eigenvalue weighted by atomic mass is 10.7. The van der Waals surface area contributed by atoms with Gasteiger partial charge in [-0.25, -0.2) is 0 Å². The Hall–Kier alpha value is -0.460. The highest BCUT2D eigenvalue weighted by Crippen LogP contribution is 2.11. The molecule has 2 nitrogen and oxygen atoms in total. The van der Waals surface area contributed by atoms with Gasteiger partial charge in [-0.2, -0.15) is 0 Å². The molecule has 50 valence electrons. The van der Waals surface area contributed by atoms with Crippen molar-refractivity contribution >= 4 is 7.95 Å². The van der Waals surface area contributed by atoms with E-state index in [4.69, 9.17) is 0 Å². The highest BCUT2D eigenvalue weighted by molar-refractivity contribution is 7.42. The van der Waals surface area contributed by atoms with Gasteiger partial charge in [-0.1, -0.05) is 17.2 Å². The smallest absolute Gasteiger partial charge is 0.105 e. The summed E-state index contributed by atoms with van der Waals surface area (Å²) in [5.74, 6) is 0. The lowest BCUT2D eigenvalue weighted by Crippen LogP contribution is -2.02. The number of hydrogen-bond acceptors (Lipinski definition) is 1. The van der Waals surface area contributed by atoms with E-state index in [1.165, 1.54) is 0 Å². The van der Waals surface area contributed by atoms with Crippen LogP contribution >= 0.6 is 7.95 Å². The van der Waals surface area contributed by atoms with E-state index in [1.807, 2.05) is 0 Å². The highest BCUT2D eigenvalue weighted by Gasteiger charge is 2.08. The molecule has 0 aromatic carbocycles. The largest absolute Gasteiger partial charge is 0.436 e. The van der Waals surface area contributed by atoms with Crippen LogP contribution in [0.2, 0.25) is 0 Å². The molecule has 0 fully saturated rings. The molecular formula is C6H11NOP+. The summed E-state index contributed by atoms with van der Waals surface area (Å²) in [6.07, 6.45) is 3.84. The third kappa shape index (κ3) is 5.41. The Bertz CT molecular complexity index is 122. The standard InChI is InChI=1S/C6H11NOP/c1-3-5-7-9(8)6-4-2/h3-4H,1-2,5-6H2,(H,7,8)/q+1. The molecule has 0 spiro atoms. The van der Waals surface area contributed by atoms with Crippen LogP contribution in [0.4, 0.5) is 0 Å². The Balaban J connectivity index is 3.26. The van der Waals surface area contributed by atoms with Crippen LogP contribution in [0.1, 0.15) is 0 Å². The summed E-state index contributed by atoms with van der Waals surface area (Å²) in [5, 5.41) is 2.75. The lowest BCUT2D eigenvalue weighted by molar-refractivity contribution is 0.583. The van der Waals surface area contributed by atoms with Gasteiger partial charge in [0.1, 0.15) is 0 Å². The zero-order valence-corrected chi connectivity index (χ0v) is 6.23. The van der Waals surface area contributed by atoms with E-state index in [9.17, 15) is 4.57 Å². The molecule has 0 aromatic heterocycles. The SMILES string of the molecule is C=CCN[P+](=O)CC=C. The van der Waals surface area contributed by atoms with Crippen LogP contribution < -0.4 is 5.09 Å². The van der Waals surface area contributed by atoms with Gasteiger partial charge in [0.25, 0.3) is 0 Å². The Morgan fingerprint density at radius 1 is 1.44 bits per heavy atom. The Kier molecular flexibility index (Phi) is 5.38. The second-order valence-electron chi connectivity index (χ2n) is 1.50. The van der Waals surface area contributed by atoms with Crippen molar-refractivity contribution in [2.24, 2.45) is 0 Å². The third-order valence-electron chi connectivity index (χ3n) is 0.707. The molecule has 0 aliphatic rings. The first-order valence-corrected chi connectivity index (χ1v) is 4.15. The van der Waals surface area contributed by atoms with Gasteiger partial charge < -0.3 is 0 Å². The van der Waals surface area contributed by atoms with E-state index in [0.717, 1.165) is 0 Å². The molecule has 0 aromatic rings. The predicted molar refractivity (Wildman–Crippen MR) is 40.9 cm³/mol. The van der Waals surface area contributed by atoms with Crippen molar-refractivity contribution in [2.75, 3.05) is 12.7 Å². The average Bonchev–Trinajstić information content (AvgIpc) is 1.85. The van der Waals surface area contributed by atoms with E-state index >= 15 is 0 Å². The van der Waals surface area contributed by atoms with Crippen molar-refractivity contribution in [1.29, 1.82) is 0 Å². The van der Waals surface area contributed by atoms with E-state index in [2.05, 4.69) is 18.2 Å². The number of allylic oxidation sites excluding steroid dienone is 1. The summed E-state index contributed by atoms with van der Waals surface area (Å²) in [4.78, 5) is 0. The fraction of sp³-hybridized carbons (Fsp3) is 0.333. The van der Waals surface area contributed by atoms with Crippen LogP contribution in [0.3, 0.4) is 0 Å². The summed E-state index contributed by atoms with van der Waals surface area (Å²) in [7, 11) is -1.28. The van der Waals surface area contributed by atoms with Gasteiger partial charge in [-0.15, -0.1) is 11.7 Å². The molecule has 0 aliphatic heterocycles. The van der Waals surface area contributed by atoms with E-state index in [1.54, 1.807) is 12.2 Å². The molecule has 0 saturated heterocycles. The number of hydrogen-bond donors (Lipinski definition) is 1. The summed E-state index contributed by atoms with van der Waals surface area (Å²) in [5.41, 5.74) is 0. The first-order chi connectivity index (χ1) is 4.31. The average molecular weight is 144 g/mol. The zero-order valence-electron chi connectivity index (χ0n) is 5.34. The Morgan fingerprint density at radius 3 is 2.56 bits per heavy atom. The summed E-state index contributed by atoms with van der Waals surface area (Å²) < 4.78 is 10.7. The normalized spacial score (nSPS) is 10.4. The van der Waals surface area contributed by atoms with Gasteiger partial charge in [0.15, 0.2) is 6.16 Å². The molecule has 0 radical (unpaired) electrons. The fourth-order valence-electron chi connectivity index (χ4n) is 0.348. The molecular weight excluding hydrogens is 133 g/mol. The molecule has 9 heavy (non-hydrogen) atoms. The van der Waals surface area contributed by atoms with Crippen LogP contribution in [0.5, 0.6) is 0 Å². The summed E-state index contributed by atoms with van der Waals surface area (Å²) >= 11 is 0. The molecule has 1 N–H and O–H groups in total. The van der Waals surface area contributed by atoms with Gasteiger partial charge in [0, 0.05) is 0 Å². The van der Waals surface area contributed by atoms with Crippen molar-refractivity contribution in [3.8, 4) is 0 Å². The molecule has 1 atom stereocenters. The quantitative estimate of drug-likeness (QED) is 0.470. The van der Waals surface area contributed by atoms with Crippen LogP contribution in [0.25, 0.3) is 0 Å². The van der Waals surface area contributed by atoms with Crippen LogP contribution in [0, 0.1) is 0 Å². The second-order valence-corrected chi connectivity index (χ2v) is 2.94. The summed E-state index contributed by atoms with van der Waals surface area (Å²) in [6, 6.07) is 0. The molecule has 0 bridgehead atoms. The van der Waals surface area contributed by atoms with Gasteiger partial charge in [0.2, 0.25) is 0 Å². The minimum absolute atomic E-state index is 0.531. The molecule has 0 saturated carbocycles. The number of nitrogens with one attached hydrogen (secondary N) is 1. The molecule has 0 amide bonds. The van der Waals surface area contributed by atoms with E-state index < -0.39 is 7.95 Å². The van der Waals surface area contributed by atoms with Crippen molar-refractivity contribution in [2.45, 2.75) is 0 Å². The van der Waals surface area contributed by atoms with Crippen molar-refractivity contribution < 1.29 is 4.57 Å². The van der Waals surface area contributed by atoms with Crippen molar-refractivity contribution in [3.63, 3.8) is 0 Å². The lowest BCUT2D eigenvalue weighted by Gasteiger charge is -1.80. The van der Waals surface area contributed by atoms with Crippen LogP contribution in [-0.2, 0) is 4.57 Å². The minimum Gasteiger partial charge on any atom is -0.105 e. The third-order valence-corrected chi connectivity index (χ3v) is 1.83. The second kappa shape index (κ2) is 5.67. The number of rotatable bonds is 5. The first kappa shape index (κ1) is 8.54. The van der Waals surface area contributed by atoms with Crippen LogP contribution in [0.15, 0.2) is 25.3 Å². The van der Waals surface area contributed by atoms with Crippen molar-refractivity contribution in [3.05, 3.63) is 25.3 Å². The summed E-state index contributed by atoms with van der Waals surface area (Å²) in [6.45, 7) is 7.54. The molecule has 3 heteroatoms. The minimum atomic E-state index is -1.28. The van der Waals surface area contributed by atoms with Gasteiger partial charge in [-0.3, -0.25) is 0 Å². The first-order valence-electron chi connectivity index (χ1n) is 2.71. The highest BCUT2D eigenvalue weighted by atomic mass is 31.1. The topological polar surface area (TPSA) is 29.1 Å². The monoisotopic (exact) mass is 144 g/mol. The van der Waals surface area contributed by atoms with Crippen LogP contribution in [-0.4, -0.2) is 12.7 Å². The molecule has 0 rings (SSSR count). The molecule has 1 unspecified atom stereocenters. The maximum atomic E-state index is 10.7. The maximum absolute atomic E-state index is 10.7. The van der Waals surface area contributed by atoms with Gasteiger partial charge in [0.05, 0.1) is 6.54 Å². The van der Waals surface area contributed by atoms with Gasteiger partial charge in [-0.05, 0) is 6.08 Å². The Morgan fingerprint density at radius 2 is 2.11 bits per heavy atom. The maximum Gasteiger partial charge on any atom is 0.436 e. The molecule has 0 heterocycles. The van der Waals surface area contributed by atoms with Crippen molar-refractivity contribution in [1.82, 2.24) is 5.09 Å².